The van der Waals surface area contributed by atoms with Gasteiger partial charge in [0.1, 0.15) is 6.61 Å². The van der Waals surface area contributed by atoms with E-state index in [9.17, 15) is 14.9 Å². The molecule has 9 heteroatoms. The maximum atomic E-state index is 10.7. The molecule has 1 heterocycles. The Hall–Kier alpha value is -0.990. The average Bonchev–Trinajstić information content (AvgIpc) is 2.34. The summed E-state index contributed by atoms with van der Waals surface area (Å²) in [6.45, 7) is 1.95. The molecule has 0 aliphatic rings. The number of ether oxygens (including phenoxy) is 1. The van der Waals surface area contributed by atoms with E-state index >= 15 is 0 Å². The van der Waals surface area contributed by atoms with Gasteiger partial charge in [-0.15, -0.1) is 0 Å². The molecule has 0 aliphatic carbocycles. The Morgan fingerprint density at radius 1 is 1.72 bits per heavy atom. The molecule has 0 unspecified atom stereocenters. The smallest absolute Gasteiger partial charge is 0.403 e. The van der Waals surface area contributed by atoms with E-state index < -0.39 is 10.4 Å². The lowest BCUT2D eigenvalue weighted by atomic mass is 10.4. The van der Waals surface area contributed by atoms with Gasteiger partial charge in [0.2, 0.25) is 0 Å². The van der Waals surface area contributed by atoms with Crippen LogP contribution < -0.4 is 0 Å². The number of halogens is 1. The maximum absolute atomic E-state index is 10.7. The zero-order valence-corrected chi connectivity index (χ0v) is 11.6. The van der Waals surface area contributed by atoms with Crippen LogP contribution in [-0.2, 0) is 4.74 Å². The first-order chi connectivity index (χ1) is 8.50. The van der Waals surface area contributed by atoms with Crippen LogP contribution in [-0.4, -0.2) is 27.2 Å². The fraction of sp³-hybridized carbons (Fsp3) is 0.333. The lowest BCUT2D eigenvalue weighted by Crippen LogP contribution is -2.07. The number of rotatable bonds is 6. The first-order valence-corrected chi connectivity index (χ1v) is 7.34. The van der Waals surface area contributed by atoms with Crippen LogP contribution in [0.5, 0.6) is 0 Å². The number of pyridine rings is 1. The summed E-state index contributed by atoms with van der Waals surface area (Å²) in [5.41, 5.74) is -0.909. The monoisotopic (exact) mass is 308 g/mol. The lowest BCUT2D eigenvalue weighted by molar-refractivity contribution is -0.388. The van der Waals surface area contributed by atoms with Crippen LogP contribution in [0.1, 0.15) is 6.92 Å². The quantitative estimate of drug-likeness (QED) is 0.344. The first kappa shape index (κ1) is 15.1. The van der Waals surface area contributed by atoms with E-state index in [4.69, 9.17) is 11.6 Å². The highest BCUT2D eigenvalue weighted by molar-refractivity contribution is 8.76. The molecule has 1 rings (SSSR count). The normalized spacial score (nSPS) is 11.9. The number of aromatic nitrogens is 1. The number of nitrogens with zero attached hydrogens (tertiary/aromatic N) is 2. The number of hydrogen-bond donors (Lipinski definition) is 0. The molecule has 18 heavy (non-hydrogen) atoms. The third kappa shape index (κ3) is 5.11. The van der Waals surface area contributed by atoms with Gasteiger partial charge in [0.25, 0.3) is 0 Å². The van der Waals surface area contributed by atoms with Crippen LogP contribution in [0.3, 0.4) is 0 Å². The van der Waals surface area contributed by atoms with Crippen molar-refractivity contribution >= 4 is 44.3 Å². The third-order valence-corrected chi connectivity index (χ3v) is 4.56. The van der Waals surface area contributed by atoms with E-state index in [1.807, 2.05) is 6.92 Å². The molecule has 0 N–H and O–H groups in total. The second-order valence-corrected chi connectivity index (χ2v) is 6.06. The molecule has 0 fully saturated rings. The number of carbonyl (C=O) groups excluding carboxylic acids is 1. The summed E-state index contributed by atoms with van der Waals surface area (Å²) in [4.78, 5) is 24.6. The molecule has 0 aliphatic heterocycles. The standard InChI is InChI=1S/C9H9ClN2O4S2/c1-6(5-16-9(10)13)17-18-8-7(12(14)15)3-2-4-11-8/h2-4,6H,5H2,1H3/t6-/m1/s1. The predicted molar refractivity (Wildman–Crippen MR) is 71.0 cm³/mol. The van der Waals surface area contributed by atoms with Crippen molar-refractivity contribution < 1.29 is 14.5 Å². The van der Waals surface area contributed by atoms with E-state index in [1.165, 1.54) is 29.1 Å². The van der Waals surface area contributed by atoms with Gasteiger partial charge >= 0.3 is 11.1 Å². The minimum atomic E-state index is -0.865. The highest BCUT2D eigenvalue weighted by Crippen LogP contribution is 2.37. The van der Waals surface area contributed by atoms with Gasteiger partial charge in [0, 0.05) is 29.1 Å². The number of nitro groups is 1. The number of hydrogen-bond acceptors (Lipinski definition) is 7. The molecular weight excluding hydrogens is 300 g/mol. The maximum Gasteiger partial charge on any atom is 0.403 e. The van der Waals surface area contributed by atoms with Crippen molar-refractivity contribution in [2.75, 3.05) is 6.61 Å². The third-order valence-electron chi connectivity index (χ3n) is 1.67. The molecule has 0 radical (unpaired) electrons. The summed E-state index contributed by atoms with van der Waals surface area (Å²) in [5, 5.41) is 11.0. The molecule has 0 saturated carbocycles. The molecule has 0 bridgehead atoms. The van der Waals surface area contributed by atoms with Crippen molar-refractivity contribution in [2.45, 2.75) is 17.2 Å². The molecule has 0 amide bonds. The first-order valence-electron chi connectivity index (χ1n) is 4.75. The van der Waals surface area contributed by atoms with E-state index in [1.54, 1.807) is 0 Å². The zero-order chi connectivity index (χ0) is 13.5. The van der Waals surface area contributed by atoms with Crippen molar-refractivity contribution in [3.63, 3.8) is 0 Å². The largest absolute Gasteiger partial charge is 0.452 e. The summed E-state index contributed by atoms with van der Waals surface area (Å²) in [5.74, 6) is 0. The van der Waals surface area contributed by atoms with E-state index in [0.29, 0.717) is 5.03 Å². The Balaban J connectivity index is 2.53. The van der Waals surface area contributed by atoms with Crippen LogP contribution >= 0.6 is 33.2 Å². The fourth-order valence-corrected chi connectivity index (χ4v) is 3.02. The minimum absolute atomic E-state index is 0.0449. The van der Waals surface area contributed by atoms with E-state index in [0.717, 1.165) is 10.8 Å². The van der Waals surface area contributed by atoms with Crippen molar-refractivity contribution in [1.82, 2.24) is 4.98 Å². The highest BCUT2D eigenvalue weighted by atomic mass is 35.5. The topological polar surface area (TPSA) is 82.3 Å². The van der Waals surface area contributed by atoms with Gasteiger partial charge in [0.15, 0.2) is 5.03 Å². The second kappa shape index (κ2) is 7.45. The fourth-order valence-electron chi connectivity index (χ4n) is 0.924. The van der Waals surface area contributed by atoms with Crippen molar-refractivity contribution in [3.8, 4) is 0 Å². The Labute approximate surface area is 116 Å². The summed E-state index contributed by atoms with van der Waals surface area (Å²) >= 11 is 5.03. The molecule has 1 atom stereocenters. The Bertz CT molecular complexity index is 446. The van der Waals surface area contributed by atoms with Gasteiger partial charge in [-0.1, -0.05) is 10.8 Å². The van der Waals surface area contributed by atoms with Gasteiger partial charge in [-0.2, -0.15) is 0 Å². The molecule has 0 saturated heterocycles. The van der Waals surface area contributed by atoms with Crippen molar-refractivity contribution in [2.24, 2.45) is 0 Å². The molecule has 98 valence electrons. The van der Waals surface area contributed by atoms with E-state index in [-0.39, 0.29) is 17.5 Å². The van der Waals surface area contributed by atoms with Crippen molar-refractivity contribution in [3.05, 3.63) is 28.4 Å². The van der Waals surface area contributed by atoms with E-state index in [2.05, 4.69) is 9.72 Å². The van der Waals surface area contributed by atoms with Gasteiger partial charge in [-0.3, -0.25) is 10.1 Å². The highest BCUT2D eigenvalue weighted by Gasteiger charge is 2.16. The summed E-state index contributed by atoms with van der Waals surface area (Å²) in [6, 6.07) is 2.89. The zero-order valence-electron chi connectivity index (χ0n) is 9.24. The van der Waals surface area contributed by atoms with Gasteiger partial charge in [0.05, 0.1) is 4.92 Å². The van der Waals surface area contributed by atoms with Crippen LogP contribution in [0.4, 0.5) is 10.5 Å². The summed E-state index contributed by atoms with van der Waals surface area (Å²) < 4.78 is 4.61. The minimum Gasteiger partial charge on any atom is -0.452 e. The molecule has 6 nitrogen and oxygen atoms in total. The van der Waals surface area contributed by atoms with Crippen LogP contribution in [0.15, 0.2) is 23.4 Å². The SMILES string of the molecule is C[C@H](COC(=O)Cl)SSc1ncccc1[N+](=O)[O-]. The van der Waals surface area contributed by atoms with Crippen LogP contribution in [0.25, 0.3) is 0 Å². The van der Waals surface area contributed by atoms with Gasteiger partial charge in [-0.05, 0) is 23.8 Å². The average molecular weight is 309 g/mol. The second-order valence-electron chi connectivity index (χ2n) is 3.12. The van der Waals surface area contributed by atoms with Crippen molar-refractivity contribution in [1.29, 1.82) is 0 Å². The van der Waals surface area contributed by atoms with Gasteiger partial charge < -0.3 is 4.74 Å². The summed E-state index contributed by atoms with van der Waals surface area (Å²) in [6.07, 6.45) is 1.49. The molecule has 1 aromatic rings. The summed E-state index contributed by atoms with van der Waals surface area (Å²) in [7, 11) is 2.48. The Morgan fingerprint density at radius 2 is 2.44 bits per heavy atom. The lowest BCUT2D eigenvalue weighted by Gasteiger charge is -2.08. The predicted octanol–water partition coefficient (Wildman–Crippen LogP) is 3.49. The van der Waals surface area contributed by atoms with Crippen LogP contribution in [0.2, 0.25) is 0 Å². The Kier molecular flexibility index (Phi) is 6.23. The number of carbonyl (C=O) groups is 1. The molecular formula is C9H9ClN2O4S2. The van der Waals surface area contributed by atoms with Crippen LogP contribution in [0, 0.1) is 10.1 Å². The van der Waals surface area contributed by atoms with Gasteiger partial charge in [-0.25, -0.2) is 9.78 Å². The Morgan fingerprint density at radius 3 is 3.06 bits per heavy atom. The molecule has 0 spiro atoms. The molecule has 0 aromatic carbocycles. The molecule has 1 aromatic heterocycles.